The third kappa shape index (κ3) is 3.23. The number of H-pyrrole nitrogens is 1. The number of nitrogens with one attached hydrogen (secondary N) is 1. The maximum atomic E-state index is 11.8. The second-order valence-corrected chi connectivity index (χ2v) is 8.18. The minimum Gasteiger partial charge on any atom is -0.510 e. The van der Waals surface area contributed by atoms with Crippen molar-refractivity contribution in [1.82, 2.24) is 19.7 Å². The van der Waals surface area contributed by atoms with Crippen LogP contribution in [0.1, 0.15) is 23.9 Å². The standard InChI is InChI=1S/C16H12ClN5O2S2/c17-8-1-4-13-11(5-8)19-14(26-13)10(6-18)12(23)7-25-16-21-20-15(24)22(16)9-2-3-9/h1,4-5,9,23H,2-3,7H2,(H,20,24). The molecule has 7 nitrogen and oxygen atoms in total. The molecule has 0 amide bonds. The highest BCUT2D eigenvalue weighted by Gasteiger charge is 2.28. The fourth-order valence-corrected chi connectivity index (χ4v) is 4.52. The summed E-state index contributed by atoms with van der Waals surface area (Å²) in [6, 6.07) is 7.50. The first-order valence-electron chi connectivity index (χ1n) is 7.75. The average molecular weight is 406 g/mol. The zero-order chi connectivity index (χ0) is 18.3. The average Bonchev–Trinajstić information content (AvgIpc) is 3.26. The summed E-state index contributed by atoms with van der Waals surface area (Å²) in [5.41, 5.74) is 0.549. The van der Waals surface area contributed by atoms with Gasteiger partial charge in [-0.1, -0.05) is 23.4 Å². The van der Waals surface area contributed by atoms with Gasteiger partial charge >= 0.3 is 5.69 Å². The number of fused-ring (bicyclic) bond motifs is 1. The van der Waals surface area contributed by atoms with Gasteiger partial charge < -0.3 is 5.11 Å². The first kappa shape index (κ1) is 17.1. The van der Waals surface area contributed by atoms with Crippen LogP contribution in [0.5, 0.6) is 0 Å². The maximum Gasteiger partial charge on any atom is 0.344 e. The van der Waals surface area contributed by atoms with Crippen molar-refractivity contribution in [2.45, 2.75) is 24.0 Å². The highest BCUT2D eigenvalue weighted by Crippen LogP contribution is 2.36. The van der Waals surface area contributed by atoms with Crippen LogP contribution in [0.4, 0.5) is 0 Å². The fourth-order valence-electron chi connectivity index (χ4n) is 2.50. The molecule has 1 aromatic carbocycles. The molecule has 1 fully saturated rings. The summed E-state index contributed by atoms with van der Waals surface area (Å²) in [5.74, 6) is 0.0248. The zero-order valence-corrected chi connectivity index (χ0v) is 15.7. The fraction of sp³-hybridized carbons (Fsp3) is 0.250. The number of halogens is 1. The SMILES string of the molecule is N#CC(=C(O)CSc1n[nH]c(=O)n1C1CC1)c1nc2cc(Cl)ccc2s1. The van der Waals surface area contributed by atoms with E-state index in [1.807, 2.05) is 12.1 Å². The molecule has 1 saturated carbocycles. The van der Waals surface area contributed by atoms with E-state index >= 15 is 0 Å². The third-order valence-electron chi connectivity index (χ3n) is 3.89. The van der Waals surface area contributed by atoms with E-state index in [9.17, 15) is 15.2 Å². The molecule has 2 heterocycles. The molecule has 3 aromatic rings. The number of benzene rings is 1. The van der Waals surface area contributed by atoms with Crippen LogP contribution >= 0.6 is 34.7 Å². The van der Waals surface area contributed by atoms with Crippen molar-refractivity contribution in [3.05, 3.63) is 44.5 Å². The van der Waals surface area contributed by atoms with E-state index in [4.69, 9.17) is 11.6 Å². The van der Waals surface area contributed by atoms with Gasteiger partial charge in [0.2, 0.25) is 0 Å². The zero-order valence-electron chi connectivity index (χ0n) is 13.3. The van der Waals surface area contributed by atoms with Crippen molar-refractivity contribution in [2.24, 2.45) is 0 Å². The summed E-state index contributed by atoms with van der Waals surface area (Å²) >= 11 is 8.49. The summed E-state index contributed by atoms with van der Waals surface area (Å²) < 4.78 is 2.48. The molecule has 10 heteroatoms. The van der Waals surface area contributed by atoms with Crippen molar-refractivity contribution in [2.75, 3.05) is 5.75 Å². The number of aromatic nitrogens is 4. The van der Waals surface area contributed by atoms with Gasteiger partial charge in [-0.2, -0.15) is 5.26 Å². The Morgan fingerprint density at radius 2 is 2.35 bits per heavy atom. The van der Waals surface area contributed by atoms with Crippen molar-refractivity contribution < 1.29 is 5.11 Å². The molecule has 0 atom stereocenters. The number of thiazole rings is 1. The third-order valence-corrected chi connectivity index (χ3v) is 6.14. The number of aliphatic hydroxyl groups is 1. The number of nitriles is 1. The number of allylic oxidation sites excluding steroid dienone is 1. The molecule has 0 bridgehead atoms. The minimum atomic E-state index is -0.248. The van der Waals surface area contributed by atoms with Crippen LogP contribution in [0, 0.1) is 11.3 Å². The molecule has 2 N–H and O–H groups in total. The predicted molar refractivity (Wildman–Crippen MR) is 102 cm³/mol. The van der Waals surface area contributed by atoms with Gasteiger partial charge in [0.25, 0.3) is 0 Å². The van der Waals surface area contributed by atoms with Gasteiger partial charge in [0, 0.05) is 11.1 Å². The minimum absolute atomic E-state index is 0.0968. The molecule has 0 unspecified atom stereocenters. The quantitative estimate of drug-likeness (QED) is 0.380. The molecular formula is C16H12ClN5O2S2. The summed E-state index contributed by atoms with van der Waals surface area (Å²) in [4.78, 5) is 16.2. The molecule has 4 rings (SSSR count). The largest absolute Gasteiger partial charge is 0.510 e. The number of aliphatic hydroxyl groups excluding tert-OH is 1. The van der Waals surface area contributed by atoms with Gasteiger partial charge in [0.1, 0.15) is 22.4 Å². The lowest BCUT2D eigenvalue weighted by molar-refractivity contribution is 0.420. The van der Waals surface area contributed by atoms with Crippen molar-refractivity contribution >= 4 is 50.5 Å². The molecule has 0 radical (unpaired) electrons. The summed E-state index contributed by atoms with van der Waals surface area (Å²) in [7, 11) is 0. The molecule has 1 aliphatic carbocycles. The lowest BCUT2D eigenvalue weighted by Gasteiger charge is -2.04. The number of thioether (sulfide) groups is 1. The van der Waals surface area contributed by atoms with Crippen molar-refractivity contribution in [3.63, 3.8) is 0 Å². The van der Waals surface area contributed by atoms with E-state index in [1.54, 1.807) is 16.7 Å². The van der Waals surface area contributed by atoms with Gasteiger partial charge in [-0.15, -0.1) is 16.4 Å². The molecular weight excluding hydrogens is 394 g/mol. The van der Waals surface area contributed by atoms with Crippen LogP contribution < -0.4 is 5.69 Å². The topological polar surface area (TPSA) is 108 Å². The van der Waals surface area contributed by atoms with E-state index in [-0.39, 0.29) is 28.8 Å². The predicted octanol–water partition coefficient (Wildman–Crippen LogP) is 3.75. The van der Waals surface area contributed by atoms with Gasteiger partial charge in [-0.05, 0) is 31.0 Å². The molecule has 1 aliphatic rings. The van der Waals surface area contributed by atoms with Crippen LogP contribution in [-0.2, 0) is 0 Å². The Labute approximate surface area is 160 Å². The summed E-state index contributed by atoms with van der Waals surface area (Å²) in [6.07, 6.45) is 1.90. The Morgan fingerprint density at radius 3 is 3.08 bits per heavy atom. The van der Waals surface area contributed by atoms with Gasteiger partial charge in [-0.3, -0.25) is 4.57 Å². The van der Waals surface area contributed by atoms with Crippen LogP contribution in [0.25, 0.3) is 15.8 Å². The van der Waals surface area contributed by atoms with E-state index < -0.39 is 0 Å². The molecule has 0 saturated heterocycles. The van der Waals surface area contributed by atoms with Crippen LogP contribution in [-0.4, -0.2) is 30.6 Å². The van der Waals surface area contributed by atoms with Gasteiger partial charge in [0.15, 0.2) is 5.16 Å². The number of rotatable bonds is 5. The molecule has 0 spiro atoms. The summed E-state index contributed by atoms with van der Waals surface area (Å²) in [6.45, 7) is 0. The Kier molecular flexibility index (Phi) is 4.48. The van der Waals surface area contributed by atoms with E-state index in [2.05, 4.69) is 15.2 Å². The van der Waals surface area contributed by atoms with E-state index in [1.165, 1.54) is 23.1 Å². The number of hydrogen-bond donors (Lipinski definition) is 2. The maximum absolute atomic E-state index is 11.8. The van der Waals surface area contributed by atoms with E-state index in [0.29, 0.717) is 20.7 Å². The highest BCUT2D eigenvalue weighted by molar-refractivity contribution is 7.99. The first-order chi connectivity index (χ1) is 12.6. The summed E-state index contributed by atoms with van der Waals surface area (Å²) in [5, 5.41) is 27.8. The number of nitrogens with zero attached hydrogens (tertiary/aromatic N) is 4. The normalized spacial score (nSPS) is 15.1. The molecule has 132 valence electrons. The monoisotopic (exact) mass is 405 g/mol. The molecule has 2 aromatic heterocycles. The van der Waals surface area contributed by atoms with Crippen LogP contribution in [0.3, 0.4) is 0 Å². The smallest absolute Gasteiger partial charge is 0.344 e. The Hall–Kier alpha value is -2.28. The first-order valence-corrected chi connectivity index (χ1v) is 9.93. The van der Waals surface area contributed by atoms with Crippen molar-refractivity contribution in [3.8, 4) is 6.07 Å². The molecule has 0 aliphatic heterocycles. The Morgan fingerprint density at radius 1 is 1.54 bits per heavy atom. The number of hydrogen-bond acceptors (Lipinski definition) is 7. The molecule has 26 heavy (non-hydrogen) atoms. The van der Waals surface area contributed by atoms with Gasteiger partial charge in [-0.25, -0.2) is 14.9 Å². The van der Waals surface area contributed by atoms with Gasteiger partial charge in [0.05, 0.1) is 16.0 Å². The lowest BCUT2D eigenvalue weighted by atomic mass is 10.2. The second kappa shape index (κ2) is 6.79. The van der Waals surface area contributed by atoms with Crippen molar-refractivity contribution in [1.29, 1.82) is 5.26 Å². The Bertz CT molecular complexity index is 1120. The van der Waals surface area contributed by atoms with Crippen LogP contribution in [0.2, 0.25) is 5.02 Å². The highest BCUT2D eigenvalue weighted by atomic mass is 35.5. The second-order valence-electron chi connectivity index (χ2n) is 5.77. The van der Waals surface area contributed by atoms with E-state index in [0.717, 1.165) is 17.5 Å². The van der Waals surface area contributed by atoms with Crippen LogP contribution in [0.15, 0.2) is 33.9 Å². The Balaban J connectivity index is 1.60. The lowest BCUT2D eigenvalue weighted by Crippen LogP contribution is -2.16. The number of aromatic amines is 1.